The van der Waals surface area contributed by atoms with Crippen LogP contribution < -0.4 is 5.32 Å². The molecule has 0 radical (unpaired) electrons. The van der Waals surface area contributed by atoms with Crippen molar-refractivity contribution < 1.29 is 0 Å². The topological polar surface area (TPSA) is 12.0 Å². The fourth-order valence-electron chi connectivity index (χ4n) is 5.79. The Bertz CT molecular complexity index is 1400. The highest BCUT2D eigenvalue weighted by Crippen LogP contribution is 2.58. The molecule has 1 aliphatic heterocycles. The lowest BCUT2D eigenvalue weighted by molar-refractivity contribution is 0.735. The summed E-state index contributed by atoms with van der Waals surface area (Å²) in [6.45, 7) is 6.28. The highest BCUT2D eigenvalue weighted by molar-refractivity contribution is 5.94. The summed E-state index contributed by atoms with van der Waals surface area (Å²) in [5, 5.41) is 3.67. The summed E-state index contributed by atoms with van der Waals surface area (Å²) in [4.78, 5) is 0. The fourth-order valence-corrected chi connectivity index (χ4v) is 5.79. The molecular formula is C32H25N. The minimum absolute atomic E-state index is 0.482. The largest absolute Gasteiger partial charge is 0.355 e. The van der Waals surface area contributed by atoms with E-state index in [0.29, 0.717) is 0 Å². The number of para-hydroxylation sites is 1. The highest BCUT2D eigenvalue weighted by atomic mass is 14.9. The molecule has 0 fully saturated rings. The van der Waals surface area contributed by atoms with Gasteiger partial charge in [0.25, 0.3) is 0 Å². The van der Waals surface area contributed by atoms with Gasteiger partial charge in [0.1, 0.15) is 0 Å². The van der Waals surface area contributed by atoms with Gasteiger partial charge in [-0.15, -0.1) is 0 Å². The Morgan fingerprint density at radius 3 is 1.67 bits per heavy atom. The van der Waals surface area contributed by atoms with E-state index in [4.69, 9.17) is 0 Å². The lowest BCUT2D eigenvalue weighted by Gasteiger charge is -2.43. The average molecular weight is 424 g/mol. The van der Waals surface area contributed by atoms with E-state index in [9.17, 15) is 0 Å². The SMILES string of the molecule is C=CC1=C(C=CC)C2(c3ccccc3N1)c1ccccc1-c1ccccc1-c1ccccc12. The standard InChI is InChI=1S/C32H25N/c1-3-13-28-30(4-2)33-31-21-12-11-20-29(31)32(28)26-18-9-7-16-24(26)22-14-5-6-15-23(22)25-17-8-10-19-27(25)32/h3-21,33H,2H2,1H3. The fraction of sp³-hybridized carbons (Fsp3) is 0.0625. The van der Waals surface area contributed by atoms with E-state index in [1.807, 2.05) is 6.08 Å². The Morgan fingerprint density at radius 1 is 0.636 bits per heavy atom. The molecule has 1 spiro atoms. The molecular weight excluding hydrogens is 398 g/mol. The maximum absolute atomic E-state index is 4.19. The summed E-state index contributed by atoms with van der Waals surface area (Å²) in [5.41, 5.74) is 11.8. The van der Waals surface area contributed by atoms with Crippen LogP contribution in [0.25, 0.3) is 22.3 Å². The number of benzene rings is 4. The van der Waals surface area contributed by atoms with Crippen LogP contribution in [0.15, 0.2) is 133 Å². The predicted octanol–water partition coefficient (Wildman–Crippen LogP) is 8.11. The van der Waals surface area contributed by atoms with Gasteiger partial charge in [0, 0.05) is 11.4 Å². The van der Waals surface area contributed by atoms with Gasteiger partial charge in [-0.2, -0.15) is 0 Å². The molecule has 0 unspecified atom stereocenters. The lowest BCUT2D eigenvalue weighted by atomic mass is 9.61. The lowest BCUT2D eigenvalue weighted by Crippen LogP contribution is -2.37. The molecule has 1 N–H and O–H groups in total. The van der Waals surface area contributed by atoms with Gasteiger partial charge in [-0.1, -0.05) is 110 Å². The van der Waals surface area contributed by atoms with Gasteiger partial charge in [-0.3, -0.25) is 0 Å². The first-order valence-electron chi connectivity index (χ1n) is 11.5. The quantitative estimate of drug-likeness (QED) is 0.343. The molecule has 0 aromatic heterocycles. The molecule has 6 rings (SSSR count). The highest BCUT2D eigenvalue weighted by Gasteiger charge is 2.48. The normalized spacial score (nSPS) is 15.2. The summed E-state index contributed by atoms with van der Waals surface area (Å²) in [5.74, 6) is 0. The average Bonchev–Trinajstić information content (AvgIpc) is 2.98. The molecule has 1 nitrogen and oxygen atoms in total. The van der Waals surface area contributed by atoms with E-state index < -0.39 is 5.41 Å². The van der Waals surface area contributed by atoms with Crippen LogP contribution in [-0.2, 0) is 5.41 Å². The van der Waals surface area contributed by atoms with Gasteiger partial charge in [0.05, 0.1) is 5.41 Å². The molecule has 0 saturated heterocycles. The third-order valence-corrected chi connectivity index (χ3v) is 7.00. The molecule has 0 amide bonds. The Kier molecular flexibility index (Phi) is 4.45. The second kappa shape index (κ2) is 7.50. The van der Waals surface area contributed by atoms with Crippen molar-refractivity contribution in [3.63, 3.8) is 0 Å². The van der Waals surface area contributed by atoms with Gasteiger partial charge in [-0.05, 0) is 63.6 Å². The third kappa shape index (κ3) is 2.60. The summed E-state index contributed by atoms with van der Waals surface area (Å²) in [6, 6.07) is 35.3. The maximum atomic E-state index is 4.19. The first-order valence-corrected chi connectivity index (χ1v) is 11.5. The van der Waals surface area contributed by atoms with Crippen molar-refractivity contribution in [2.75, 3.05) is 5.32 Å². The van der Waals surface area contributed by atoms with Crippen molar-refractivity contribution in [2.24, 2.45) is 0 Å². The molecule has 1 heteroatoms. The molecule has 33 heavy (non-hydrogen) atoms. The Labute approximate surface area is 195 Å². The number of anilines is 1. The molecule has 2 aliphatic rings. The van der Waals surface area contributed by atoms with Crippen LogP contribution in [0.3, 0.4) is 0 Å². The van der Waals surface area contributed by atoms with E-state index in [2.05, 4.69) is 128 Å². The summed E-state index contributed by atoms with van der Waals surface area (Å²) in [6.07, 6.45) is 6.35. The van der Waals surface area contributed by atoms with Crippen molar-refractivity contribution in [2.45, 2.75) is 12.3 Å². The van der Waals surface area contributed by atoms with Gasteiger partial charge in [0.15, 0.2) is 0 Å². The summed E-state index contributed by atoms with van der Waals surface area (Å²) < 4.78 is 0. The van der Waals surface area contributed by atoms with Gasteiger partial charge in [-0.25, -0.2) is 0 Å². The summed E-state index contributed by atoms with van der Waals surface area (Å²) >= 11 is 0. The van der Waals surface area contributed by atoms with Crippen molar-refractivity contribution in [1.29, 1.82) is 0 Å². The second-order valence-corrected chi connectivity index (χ2v) is 8.59. The Hall–Kier alpha value is -4.10. The van der Waals surface area contributed by atoms with Crippen molar-refractivity contribution in [1.82, 2.24) is 0 Å². The molecule has 1 aliphatic carbocycles. The van der Waals surface area contributed by atoms with E-state index >= 15 is 0 Å². The van der Waals surface area contributed by atoms with E-state index in [1.54, 1.807) is 0 Å². The van der Waals surface area contributed by atoms with Crippen LogP contribution in [0.4, 0.5) is 5.69 Å². The first-order chi connectivity index (χ1) is 16.3. The molecule has 0 bridgehead atoms. The number of nitrogens with one attached hydrogen (secondary N) is 1. The zero-order valence-electron chi connectivity index (χ0n) is 18.7. The maximum Gasteiger partial charge on any atom is 0.0753 e. The zero-order chi connectivity index (χ0) is 22.4. The zero-order valence-corrected chi connectivity index (χ0v) is 18.7. The minimum atomic E-state index is -0.482. The van der Waals surface area contributed by atoms with Crippen LogP contribution in [0.1, 0.15) is 23.6 Å². The van der Waals surface area contributed by atoms with Gasteiger partial charge >= 0.3 is 0 Å². The summed E-state index contributed by atoms with van der Waals surface area (Å²) in [7, 11) is 0. The van der Waals surface area contributed by atoms with Gasteiger partial charge in [0.2, 0.25) is 0 Å². The van der Waals surface area contributed by atoms with Crippen molar-refractivity contribution in [3.8, 4) is 22.3 Å². The van der Waals surface area contributed by atoms with E-state index in [1.165, 1.54) is 44.5 Å². The molecule has 4 aromatic carbocycles. The minimum Gasteiger partial charge on any atom is -0.355 e. The first kappa shape index (κ1) is 19.6. The smallest absolute Gasteiger partial charge is 0.0753 e. The van der Waals surface area contributed by atoms with Crippen LogP contribution in [0, 0.1) is 0 Å². The van der Waals surface area contributed by atoms with Crippen LogP contribution in [0.2, 0.25) is 0 Å². The molecule has 0 saturated carbocycles. The molecule has 158 valence electrons. The molecule has 1 heterocycles. The third-order valence-electron chi connectivity index (χ3n) is 7.00. The Balaban J connectivity index is 1.92. The second-order valence-electron chi connectivity index (χ2n) is 8.59. The molecule has 4 aromatic rings. The van der Waals surface area contributed by atoms with Crippen LogP contribution >= 0.6 is 0 Å². The predicted molar refractivity (Wildman–Crippen MR) is 139 cm³/mol. The number of rotatable bonds is 2. The van der Waals surface area contributed by atoms with Crippen molar-refractivity contribution >= 4 is 5.69 Å². The number of hydrogen-bond acceptors (Lipinski definition) is 1. The van der Waals surface area contributed by atoms with Gasteiger partial charge < -0.3 is 5.32 Å². The number of allylic oxidation sites excluding steroid dienone is 4. The van der Waals surface area contributed by atoms with E-state index in [0.717, 1.165) is 11.4 Å². The number of hydrogen-bond donors (Lipinski definition) is 1. The monoisotopic (exact) mass is 423 g/mol. The van der Waals surface area contributed by atoms with Crippen molar-refractivity contribution in [3.05, 3.63) is 150 Å². The Morgan fingerprint density at radius 2 is 1.12 bits per heavy atom. The number of fused-ring (bicyclic) bond motifs is 9. The van der Waals surface area contributed by atoms with E-state index in [-0.39, 0.29) is 0 Å². The molecule has 0 atom stereocenters. The van der Waals surface area contributed by atoms with Crippen LogP contribution in [0.5, 0.6) is 0 Å². The van der Waals surface area contributed by atoms with Crippen LogP contribution in [-0.4, -0.2) is 0 Å².